The summed E-state index contributed by atoms with van der Waals surface area (Å²) in [5, 5.41) is 13.3. The Morgan fingerprint density at radius 2 is 1.80 bits per heavy atom. The quantitative estimate of drug-likeness (QED) is 0.855. The molecule has 1 heterocycles. The number of aliphatic hydroxyl groups excluding tert-OH is 1. The van der Waals surface area contributed by atoms with Gasteiger partial charge in [0.2, 0.25) is 0 Å². The number of aliphatic hydroxyl groups is 1. The van der Waals surface area contributed by atoms with Crippen LogP contribution >= 0.6 is 0 Å². The number of hydrogen-bond donors (Lipinski definition) is 2. The first-order chi connectivity index (χ1) is 9.63. The third kappa shape index (κ3) is 3.51. The van der Waals surface area contributed by atoms with Gasteiger partial charge >= 0.3 is 0 Å². The fourth-order valence-corrected chi connectivity index (χ4v) is 2.84. The summed E-state index contributed by atoms with van der Waals surface area (Å²) < 4.78 is 0. The van der Waals surface area contributed by atoms with Crippen LogP contribution in [0.25, 0.3) is 0 Å². The van der Waals surface area contributed by atoms with Gasteiger partial charge in [-0.25, -0.2) is 0 Å². The summed E-state index contributed by atoms with van der Waals surface area (Å²) in [6.07, 6.45) is -0.445. The summed E-state index contributed by atoms with van der Waals surface area (Å²) >= 11 is 0. The fraction of sp³-hybridized carbons (Fsp3) is 0.625. The minimum atomic E-state index is -0.445. The van der Waals surface area contributed by atoms with Crippen LogP contribution in [0.2, 0.25) is 0 Å². The van der Waals surface area contributed by atoms with Crippen LogP contribution in [-0.2, 0) is 0 Å². The monoisotopic (exact) mass is 277 g/mol. The SMILES string of the molecule is CNCC(O)c1ccccc1N1CCN(C(C)C)CC1. The lowest BCUT2D eigenvalue weighted by Crippen LogP contribution is -2.49. The van der Waals surface area contributed by atoms with Crippen LogP contribution in [0.4, 0.5) is 5.69 Å². The van der Waals surface area contributed by atoms with E-state index in [1.807, 2.05) is 19.2 Å². The van der Waals surface area contributed by atoms with Gasteiger partial charge < -0.3 is 15.3 Å². The normalized spacial score (nSPS) is 18.6. The maximum atomic E-state index is 10.3. The molecule has 0 aromatic heterocycles. The van der Waals surface area contributed by atoms with Crippen molar-refractivity contribution < 1.29 is 5.11 Å². The van der Waals surface area contributed by atoms with Crippen molar-refractivity contribution in [2.75, 3.05) is 44.7 Å². The van der Waals surface area contributed by atoms with E-state index in [2.05, 4.69) is 41.1 Å². The molecule has 1 aromatic rings. The van der Waals surface area contributed by atoms with Gasteiger partial charge in [-0.15, -0.1) is 0 Å². The Morgan fingerprint density at radius 3 is 2.40 bits per heavy atom. The highest BCUT2D eigenvalue weighted by Crippen LogP contribution is 2.27. The van der Waals surface area contributed by atoms with Crippen LogP contribution in [-0.4, -0.2) is 55.8 Å². The second-order valence-electron chi connectivity index (χ2n) is 5.75. The Labute approximate surface area is 122 Å². The molecule has 1 fully saturated rings. The summed E-state index contributed by atoms with van der Waals surface area (Å²) in [7, 11) is 1.87. The van der Waals surface area contributed by atoms with Gasteiger partial charge in [-0.05, 0) is 27.0 Å². The first kappa shape index (κ1) is 15.3. The molecule has 1 unspecified atom stereocenters. The lowest BCUT2D eigenvalue weighted by molar-refractivity contribution is 0.177. The predicted molar refractivity (Wildman–Crippen MR) is 84.3 cm³/mol. The topological polar surface area (TPSA) is 38.7 Å². The number of nitrogens with one attached hydrogen (secondary N) is 1. The fourth-order valence-electron chi connectivity index (χ4n) is 2.84. The molecule has 0 saturated carbocycles. The molecule has 1 aromatic carbocycles. The number of anilines is 1. The number of para-hydroxylation sites is 1. The Hall–Kier alpha value is -1.10. The highest BCUT2D eigenvalue weighted by Gasteiger charge is 2.22. The van der Waals surface area contributed by atoms with Crippen molar-refractivity contribution in [3.8, 4) is 0 Å². The lowest BCUT2D eigenvalue weighted by atomic mass is 10.1. The average Bonchev–Trinajstić information content (AvgIpc) is 2.47. The first-order valence-corrected chi connectivity index (χ1v) is 7.54. The van der Waals surface area contributed by atoms with E-state index in [0.717, 1.165) is 31.7 Å². The maximum Gasteiger partial charge on any atom is 0.0934 e. The van der Waals surface area contributed by atoms with Crippen LogP contribution in [0.3, 0.4) is 0 Å². The zero-order valence-corrected chi connectivity index (χ0v) is 12.8. The molecule has 112 valence electrons. The van der Waals surface area contributed by atoms with Gasteiger partial charge in [0.05, 0.1) is 6.10 Å². The number of nitrogens with zero attached hydrogens (tertiary/aromatic N) is 2. The zero-order valence-electron chi connectivity index (χ0n) is 12.8. The molecular formula is C16H27N3O. The molecule has 1 saturated heterocycles. The van der Waals surface area contributed by atoms with Crippen molar-refractivity contribution in [1.82, 2.24) is 10.2 Å². The average molecular weight is 277 g/mol. The van der Waals surface area contributed by atoms with Gasteiger partial charge in [0.25, 0.3) is 0 Å². The van der Waals surface area contributed by atoms with Crippen LogP contribution in [0.1, 0.15) is 25.5 Å². The second-order valence-corrected chi connectivity index (χ2v) is 5.75. The van der Waals surface area contributed by atoms with Gasteiger partial charge in [-0.2, -0.15) is 0 Å². The second kappa shape index (κ2) is 7.07. The molecule has 0 radical (unpaired) electrons. The lowest BCUT2D eigenvalue weighted by Gasteiger charge is -2.39. The number of benzene rings is 1. The Kier molecular flexibility index (Phi) is 5.40. The Bertz CT molecular complexity index is 414. The van der Waals surface area contributed by atoms with Gasteiger partial charge in [0, 0.05) is 50.0 Å². The van der Waals surface area contributed by atoms with E-state index < -0.39 is 6.10 Å². The number of likely N-dealkylation sites (N-methyl/N-ethyl adjacent to an activating group) is 1. The van der Waals surface area contributed by atoms with Crippen LogP contribution in [0.15, 0.2) is 24.3 Å². The van der Waals surface area contributed by atoms with Crippen molar-refractivity contribution in [2.24, 2.45) is 0 Å². The van der Waals surface area contributed by atoms with Crippen molar-refractivity contribution in [3.05, 3.63) is 29.8 Å². The summed E-state index contributed by atoms with van der Waals surface area (Å²) in [5.74, 6) is 0. The molecule has 2 rings (SSSR count). The van der Waals surface area contributed by atoms with Crippen LogP contribution in [0, 0.1) is 0 Å². The Morgan fingerprint density at radius 1 is 1.15 bits per heavy atom. The number of rotatable bonds is 5. The van der Waals surface area contributed by atoms with E-state index in [1.54, 1.807) is 0 Å². The Balaban J connectivity index is 2.10. The predicted octanol–water partition coefficient (Wildman–Crippen LogP) is 1.47. The molecule has 0 spiro atoms. The number of piperazine rings is 1. The molecule has 0 bridgehead atoms. The third-order valence-corrected chi connectivity index (χ3v) is 4.08. The highest BCUT2D eigenvalue weighted by molar-refractivity contribution is 5.55. The van der Waals surface area contributed by atoms with Gasteiger partial charge in [0.1, 0.15) is 0 Å². The zero-order chi connectivity index (χ0) is 14.5. The molecule has 2 N–H and O–H groups in total. The molecule has 1 aliphatic heterocycles. The summed E-state index contributed by atoms with van der Waals surface area (Å²) in [6, 6.07) is 8.83. The highest BCUT2D eigenvalue weighted by atomic mass is 16.3. The van der Waals surface area contributed by atoms with E-state index in [-0.39, 0.29) is 0 Å². The van der Waals surface area contributed by atoms with Gasteiger partial charge in [-0.1, -0.05) is 18.2 Å². The minimum absolute atomic E-state index is 0.445. The van der Waals surface area contributed by atoms with Gasteiger partial charge in [0.15, 0.2) is 0 Å². The van der Waals surface area contributed by atoms with E-state index >= 15 is 0 Å². The largest absolute Gasteiger partial charge is 0.387 e. The van der Waals surface area contributed by atoms with E-state index in [4.69, 9.17) is 0 Å². The molecular weight excluding hydrogens is 250 g/mol. The van der Waals surface area contributed by atoms with E-state index in [9.17, 15) is 5.11 Å². The first-order valence-electron chi connectivity index (χ1n) is 7.54. The van der Waals surface area contributed by atoms with Crippen molar-refractivity contribution >= 4 is 5.69 Å². The molecule has 0 amide bonds. The summed E-state index contributed by atoms with van der Waals surface area (Å²) in [4.78, 5) is 4.90. The summed E-state index contributed by atoms with van der Waals surface area (Å²) in [6.45, 7) is 9.33. The van der Waals surface area contributed by atoms with Crippen molar-refractivity contribution in [1.29, 1.82) is 0 Å². The molecule has 1 atom stereocenters. The standard InChI is InChI=1S/C16H27N3O/c1-13(2)18-8-10-19(11-9-18)15-7-5-4-6-14(15)16(20)12-17-3/h4-7,13,16-17,20H,8-12H2,1-3H3. The minimum Gasteiger partial charge on any atom is -0.387 e. The van der Waals surface area contributed by atoms with E-state index in [0.29, 0.717) is 12.6 Å². The molecule has 20 heavy (non-hydrogen) atoms. The molecule has 1 aliphatic rings. The number of hydrogen-bond acceptors (Lipinski definition) is 4. The van der Waals surface area contributed by atoms with Crippen LogP contribution in [0.5, 0.6) is 0 Å². The van der Waals surface area contributed by atoms with Crippen LogP contribution < -0.4 is 10.2 Å². The molecule has 4 heteroatoms. The maximum absolute atomic E-state index is 10.3. The smallest absolute Gasteiger partial charge is 0.0934 e. The molecule has 0 aliphatic carbocycles. The van der Waals surface area contributed by atoms with Crippen molar-refractivity contribution in [3.63, 3.8) is 0 Å². The van der Waals surface area contributed by atoms with Gasteiger partial charge in [-0.3, -0.25) is 4.90 Å². The third-order valence-electron chi connectivity index (χ3n) is 4.08. The summed E-state index contributed by atoms with van der Waals surface area (Å²) in [5.41, 5.74) is 2.21. The van der Waals surface area contributed by atoms with Crippen molar-refractivity contribution in [2.45, 2.75) is 26.0 Å². The molecule has 4 nitrogen and oxygen atoms in total. The van der Waals surface area contributed by atoms with E-state index in [1.165, 1.54) is 5.69 Å².